The Hall–Kier alpha value is -3.35. The molecule has 1 atom stereocenters. The molecule has 0 aliphatic rings. The van der Waals surface area contributed by atoms with Crippen LogP contribution in [0.2, 0.25) is 0 Å². The van der Waals surface area contributed by atoms with Crippen molar-refractivity contribution in [2.24, 2.45) is 0 Å². The van der Waals surface area contributed by atoms with Crippen molar-refractivity contribution in [3.8, 4) is 11.4 Å². The van der Waals surface area contributed by atoms with Crippen molar-refractivity contribution in [2.45, 2.75) is 19.4 Å². The molecule has 0 spiro atoms. The third-order valence-corrected chi connectivity index (χ3v) is 3.80. The van der Waals surface area contributed by atoms with E-state index in [1.165, 1.54) is 18.2 Å². The largest absolute Gasteiger partial charge is 0.348 e. The Morgan fingerprint density at radius 3 is 2.73 bits per heavy atom. The number of hydrogen-bond acceptors (Lipinski definition) is 4. The molecule has 0 aliphatic carbocycles. The first-order chi connectivity index (χ1) is 12.5. The number of carbonyl (C=O) groups is 1. The minimum absolute atomic E-state index is 0.114. The standard InChI is InChI=1S/C19H17FN4O2/c1-12(22-17(25)9-13-4-6-15(20)7-5-13)16-10-18(26)24-19(23-16)14-3-2-8-21-11-14/h2-8,10-12H,9H2,1H3,(H,22,25)(H,23,24,26). The smallest absolute Gasteiger partial charge is 0.251 e. The van der Waals surface area contributed by atoms with Crippen molar-refractivity contribution in [1.29, 1.82) is 0 Å². The van der Waals surface area contributed by atoms with E-state index < -0.39 is 6.04 Å². The third kappa shape index (κ3) is 4.38. The molecular formula is C19H17FN4O2. The van der Waals surface area contributed by atoms with Crippen LogP contribution in [0, 0.1) is 5.82 Å². The maximum Gasteiger partial charge on any atom is 0.251 e. The molecule has 2 aromatic heterocycles. The molecule has 1 amide bonds. The zero-order valence-electron chi connectivity index (χ0n) is 14.1. The number of amides is 1. The van der Waals surface area contributed by atoms with Gasteiger partial charge in [-0.05, 0) is 36.8 Å². The van der Waals surface area contributed by atoms with Crippen LogP contribution in [0.5, 0.6) is 0 Å². The summed E-state index contributed by atoms with van der Waals surface area (Å²) in [7, 11) is 0. The zero-order valence-corrected chi connectivity index (χ0v) is 14.1. The van der Waals surface area contributed by atoms with E-state index in [2.05, 4.69) is 20.3 Å². The molecule has 0 aliphatic heterocycles. The Morgan fingerprint density at radius 1 is 1.27 bits per heavy atom. The monoisotopic (exact) mass is 352 g/mol. The van der Waals surface area contributed by atoms with Crippen molar-refractivity contribution in [1.82, 2.24) is 20.3 Å². The Kier molecular flexibility index (Phi) is 5.17. The molecule has 1 aromatic carbocycles. The van der Waals surface area contributed by atoms with Crippen LogP contribution in [0.4, 0.5) is 4.39 Å². The molecule has 0 bridgehead atoms. The summed E-state index contributed by atoms with van der Waals surface area (Å²) in [4.78, 5) is 35.2. The molecule has 0 saturated carbocycles. The second-order valence-corrected chi connectivity index (χ2v) is 5.85. The van der Waals surface area contributed by atoms with Crippen LogP contribution in [0.1, 0.15) is 24.2 Å². The molecule has 3 aromatic rings. The Labute approximate surface area is 149 Å². The summed E-state index contributed by atoms with van der Waals surface area (Å²) in [6.07, 6.45) is 3.34. The number of aromatic amines is 1. The van der Waals surface area contributed by atoms with Gasteiger partial charge in [-0.3, -0.25) is 14.6 Å². The topological polar surface area (TPSA) is 87.7 Å². The molecule has 0 fully saturated rings. The predicted octanol–water partition coefficient (Wildman–Crippen LogP) is 2.39. The molecule has 0 radical (unpaired) electrons. The average Bonchev–Trinajstić information content (AvgIpc) is 2.64. The minimum atomic E-state index is -0.458. The van der Waals surface area contributed by atoms with Crippen LogP contribution in [0.25, 0.3) is 11.4 Å². The molecule has 26 heavy (non-hydrogen) atoms. The van der Waals surface area contributed by atoms with Gasteiger partial charge in [0.15, 0.2) is 0 Å². The Morgan fingerprint density at radius 2 is 2.04 bits per heavy atom. The lowest BCUT2D eigenvalue weighted by Gasteiger charge is -2.14. The number of hydrogen-bond donors (Lipinski definition) is 2. The lowest BCUT2D eigenvalue weighted by Crippen LogP contribution is -2.29. The lowest BCUT2D eigenvalue weighted by atomic mass is 10.1. The van der Waals surface area contributed by atoms with Gasteiger partial charge in [-0.1, -0.05) is 12.1 Å². The van der Waals surface area contributed by atoms with E-state index in [4.69, 9.17) is 0 Å². The molecule has 6 nitrogen and oxygen atoms in total. The predicted molar refractivity (Wildman–Crippen MR) is 94.8 cm³/mol. The minimum Gasteiger partial charge on any atom is -0.348 e. The van der Waals surface area contributed by atoms with Gasteiger partial charge in [0.25, 0.3) is 5.56 Å². The van der Waals surface area contributed by atoms with E-state index in [0.29, 0.717) is 22.6 Å². The average molecular weight is 352 g/mol. The molecule has 2 heterocycles. The number of aromatic nitrogens is 3. The molecule has 2 N–H and O–H groups in total. The van der Waals surface area contributed by atoms with E-state index >= 15 is 0 Å². The summed E-state index contributed by atoms with van der Waals surface area (Å²) in [6, 6.07) is 10.2. The van der Waals surface area contributed by atoms with E-state index in [0.717, 1.165) is 0 Å². The summed E-state index contributed by atoms with van der Waals surface area (Å²) in [5.74, 6) is -0.201. The molecule has 3 rings (SSSR count). The first kappa shape index (κ1) is 17.5. The van der Waals surface area contributed by atoms with Crippen LogP contribution in [-0.2, 0) is 11.2 Å². The normalized spacial score (nSPS) is 11.8. The van der Waals surface area contributed by atoms with Crippen molar-refractivity contribution >= 4 is 5.91 Å². The van der Waals surface area contributed by atoms with E-state index in [1.807, 2.05) is 0 Å². The number of benzene rings is 1. The van der Waals surface area contributed by atoms with Gasteiger partial charge >= 0.3 is 0 Å². The van der Waals surface area contributed by atoms with Gasteiger partial charge in [0.2, 0.25) is 5.91 Å². The summed E-state index contributed by atoms with van der Waals surface area (Å²) in [6.45, 7) is 1.75. The zero-order chi connectivity index (χ0) is 18.5. The Balaban J connectivity index is 1.74. The second-order valence-electron chi connectivity index (χ2n) is 5.85. The fourth-order valence-electron chi connectivity index (χ4n) is 2.49. The highest BCUT2D eigenvalue weighted by Crippen LogP contribution is 2.15. The first-order valence-electron chi connectivity index (χ1n) is 8.07. The maximum atomic E-state index is 12.9. The SMILES string of the molecule is CC(NC(=O)Cc1ccc(F)cc1)c1cc(=O)[nH]c(-c2cccnc2)n1. The van der Waals surface area contributed by atoms with Crippen LogP contribution >= 0.6 is 0 Å². The van der Waals surface area contributed by atoms with Gasteiger partial charge in [0.1, 0.15) is 11.6 Å². The summed E-state index contributed by atoms with van der Waals surface area (Å²) in [5, 5.41) is 2.80. The van der Waals surface area contributed by atoms with Crippen molar-refractivity contribution in [3.05, 3.63) is 82.3 Å². The maximum absolute atomic E-state index is 12.9. The molecule has 0 saturated heterocycles. The quantitative estimate of drug-likeness (QED) is 0.738. The van der Waals surface area contributed by atoms with Crippen molar-refractivity contribution in [2.75, 3.05) is 0 Å². The fourth-order valence-corrected chi connectivity index (χ4v) is 2.49. The van der Waals surface area contributed by atoms with Gasteiger partial charge in [0.05, 0.1) is 18.2 Å². The molecule has 7 heteroatoms. The van der Waals surface area contributed by atoms with Crippen LogP contribution in [-0.4, -0.2) is 20.9 Å². The number of rotatable bonds is 5. The van der Waals surface area contributed by atoms with E-state index in [1.54, 1.807) is 43.6 Å². The van der Waals surface area contributed by atoms with E-state index in [9.17, 15) is 14.0 Å². The highest BCUT2D eigenvalue weighted by Gasteiger charge is 2.14. The number of nitrogens with zero attached hydrogens (tertiary/aromatic N) is 2. The number of carbonyl (C=O) groups excluding carboxylic acids is 1. The highest BCUT2D eigenvalue weighted by molar-refractivity contribution is 5.78. The number of halogens is 1. The molecule has 1 unspecified atom stereocenters. The van der Waals surface area contributed by atoms with Crippen LogP contribution < -0.4 is 10.9 Å². The first-order valence-corrected chi connectivity index (χ1v) is 8.07. The van der Waals surface area contributed by atoms with Crippen molar-refractivity contribution < 1.29 is 9.18 Å². The molecule has 132 valence electrons. The van der Waals surface area contributed by atoms with Gasteiger partial charge in [-0.15, -0.1) is 0 Å². The van der Waals surface area contributed by atoms with Crippen LogP contribution in [0.3, 0.4) is 0 Å². The number of H-pyrrole nitrogens is 1. The lowest BCUT2D eigenvalue weighted by molar-refractivity contribution is -0.121. The second kappa shape index (κ2) is 7.69. The van der Waals surface area contributed by atoms with Crippen LogP contribution in [0.15, 0.2) is 59.7 Å². The number of pyridine rings is 1. The van der Waals surface area contributed by atoms with Gasteiger partial charge in [-0.25, -0.2) is 9.37 Å². The van der Waals surface area contributed by atoms with E-state index in [-0.39, 0.29) is 23.7 Å². The fraction of sp³-hybridized carbons (Fsp3) is 0.158. The third-order valence-electron chi connectivity index (χ3n) is 3.80. The van der Waals surface area contributed by atoms with Crippen molar-refractivity contribution in [3.63, 3.8) is 0 Å². The summed E-state index contributed by atoms with van der Waals surface area (Å²) >= 11 is 0. The summed E-state index contributed by atoms with van der Waals surface area (Å²) in [5.41, 5.74) is 1.51. The van der Waals surface area contributed by atoms with Gasteiger partial charge in [-0.2, -0.15) is 0 Å². The number of nitrogens with one attached hydrogen (secondary N) is 2. The Bertz CT molecular complexity index is 955. The highest BCUT2D eigenvalue weighted by atomic mass is 19.1. The summed E-state index contributed by atoms with van der Waals surface area (Å²) < 4.78 is 12.9. The van der Waals surface area contributed by atoms with Gasteiger partial charge in [0, 0.05) is 24.0 Å². The van der Waals surface area contributed by atoms with Gasteiger partial charge < -0.3 is 10.3 Å². The molecular weight excluding hydrogens is 335 g/mol.